The van der Waals surface area contributed by atoms with E-state index in [9.17, 15) is 0 Å². The third-order valence-corrected chi connectivity index (χ3v) is 5.77. The van der Waals surface area contributed by atoms with Gasteiger partial charge in [-0.2, -0.15) is 0 Å². The summed E-state index contributed by atoms with van der Waals surface area (Å²) in [5.41, 5.74) is 2.75. The van der Waals surface area contributed by atoms with E-state index in [1.807, 2.05) is 11.3 Å². The Kier molecular flexibility index (Phi) is 4.81. The molecular weight excluding hydrogens is 314 g/mol. The van der Waals surface area contributed by atoms with Gasteiger partial charge in [-0.25, -0.2) is 0 Å². The fourth-order valence-electron chi connectivity index (χ4n) is 3.39. The molecule has 1 aliphatic rings. The summed E-state index contributed by atoms with van der Waals surface area (Å²) in [6.45, 7) is 4.30. The lowest BCUT2D eigenvalue weighted by molar-refractivity contribution is 0.238. The first-order valence-electron chi connectivity index (χ1n) is 8.78. The van der Waals surface area contributed by atoms with Crippen LogP contribution < -0.4 is 4.74 Å². The molecule has 0 atom stereocenters. The molecule has 1 saturated heterocycles. The van der Waals surface area contributed by atoms with Crippen molar-refractivity contribution >= 4 is 21.4 Å². The van der Waals surface area contributed by atoms with Crippen molar-refractivity contribution in [2.45, 2.75) is 19.3 Å². The predicted molar refractivity (Wildman–Crippen MR) is 102 cm³/mol. The summed E-state index contributed by atoms with van der Waals surface area (Å²) < 4.78 is 7.26. The Morgan fingerprint density at radius 3 is 2.58 bits per heavy atom. The van der Waals surface area contributed by atoms with Crippen LogP contribution in [0.4, 0.5) is 0 Å². The lowest BCUT2D eigenvalue weighted by Gasteiger charge is -2.15. The highest BCUT2D eigenvalue weighted by Crippen LogP contribution is 2.28. The average molecular weight is 337 g/mol. The van der Waals surface area contributed by atoms with Crippen molar-refractivity contribution in [1.82, 2.24) is 4.90 Å². The minimum absolute atomic E-state index is 0.786. The van der Waals surface area contributed by atoms with Gasteiger partial charge >= 0.3 is 0 Å². The summed E-state index contributed by atoms with van der Waals surface area (Å²) >= 11 is 1.83. The van der Waals surface area contributed by atoms with Crippen LogP contribution in [-0.4, -0.2) is 31.1 Å². The fraction of sp³-hybridized carbons (Fsp3) is 0.333. The molecule has 1 aliphatic heterocycles. The molecule has 24 heavy (non-hydrogen) atoms. The minimum Gasteiger partial charge on any atom is -0.492 e. The Morgan fingerprint density at radius 1 is 0.958 bits per heavy atom. The zero-order valence-electron chi connectivity index (χ0n) is 13.9. The summed E-state index contributed by atoms with van der Waals surface area (Å²) in [5.74, 6) is 0.980. The molecule has 0 saturated carbocycles. The monoisotopic (exact) mass is 337 g/mol. The number of thiophene rings is 1. The molecule has 0 bridgehead atoms. The molecule has 0 N–H and O–H groups in total. The van der Waals surface area contributed by atoms with E-state index in [1.54, 1.807) is 0 Å². The van der Waals surface area contributed by atoms with Crippen LogP contribution in [0.15, 0.2) is 53.9 Å². The lowest BCUT2D eigenvalue weighted by atomic mass is 10.0. The maximum atomic E-state index is 5.89. The highest BCUT2D eigenvalue weighted by atomic mass is 32.1. The third-order valence-electron chi connectivity index (χ3n) is 4.75. The van der Waals surface area contributed by atoms with Crippen LogP contribution >= 0.6 is 11.3 Å². The van der Waals surface area contributed by atoms with Gasteiger partial charge in [-0.1, -0.05) is 30.3 Å². The number of rotatable bonds is 6. The lowest BCUT2D eigenvalue weighted by Crippen LogP contribution is -2.25. The average Bonchev–Trinajstić information content (AvgIpc) is 3.27. The second kappa shape index (κ2) is 7.37. The molecule has 0 aliphatic carbocycles. The second-order valence-corrected chi connectivity index (χ2v) is 7.39. The highest BCUT2D eigenvalue weighted by Gasteiger charge is 2.10. The molecule has 0 radical (unpaired) electrons. The SMILES string of the molecule is c1ccc2c(Cc3ccc(OCCN4CCCC4)cc3)csc2c1. The summed E-state index contributed by atoms with van der Waals surface area (Å²) in [5, 5.41) is 3.67. The quantitative estimate of drug-likeness (QED) is 0.630. The highest BCUT2D eigenvalue weighted by molar-refractivity contribution is 7.17. The van der Waals surface area contributed by atoms with Crippen LogP contribution in [0.5, 0.6) is 5.75 Å². The van der Waals surface area contributed by atoms with Crippen molar-refractivity contribution in [3.8, 4) is 5.75 Å². The molecule has 0 unspecified atom stereocenters. The van der Waals surface area contributed by atoms with Gasteiger partial charge in [0.05, 0.1) is 0 Å². The molecule has 2 nitrogen and oxygen atoms in total. The van der Waals surface area contributed by atoms with Crippen molar-refractivity contribution in [2.24, 2.45) is 0 Å². The van der Waals surface area contributed by atoms with Crippen LogP contribution in [-0.2, 0) is 6.42 Å². The summed E-state index contributed by atoms with van der Waals surface area (Å²) in [4.78, 5) is 2.48. The number of nitrogens with zero attached hydrogens (tertiary/aromatic N) is 1. The number of hydrogen-bond acceptors (Lipinski definition) is 3. The number of ether oxygens (including phenoxy) is 1. The standard InChI is InChI=1S/C21H23NOS/c1-2-6-21-20(5-1)18(16-24-21)15-17-7-9-19(10-8-17)23-14-13-22-11-3-4-12-22/h1-2,5-10,16H,3-4,11-15H2. The van der Waals surface area contributed by atoms with Crippen LogP contribution in [0.3, 0.4) is 0 Å². The first kappa shape index (κ1) is 15.7. The third kappa shape index (κ3) is 3.63. The minimum atomic E-state index is 0.786. The summed E-state index contributed by atoms with van der Waals surface area (Å²) in [6, 6.07) is 17.2. The number of benzene rings is 2. The van der Waals surface area contributed by atoms with Crippen molar-refractivity contribution in [1.29, 1.82) is 0 Å². The molecule has 1 fully saturated rings. The summed E-state index contributed by atoms with van der Waals surface area (Å²) in [7, 11) is 0. The van der Waals surface area contributed by atoms with E-state index in [1.165, 1.54) is 47.1 Å². The molecule has 0 amide bonds. The normalized spacial score (nSPS) is 15.2. The van der Waals surface area contributed by atoms with Gasteiger partial charge in [0.1, 0.15) is 12.4 Å². The first-order valence-corrected chi connectivity index (χ1v) is 9.66. The Balaban J connectivity index is 1.35. The molecule has 3 aromatic rings. The van der Waals surface area contributed by atoms with Crippen molar-refractivity contribution in [3.05, 3.63) is 65.0 Å². The van der Waals surface area contributed by atoms with Crippen LogP contribution in [0, 0.1) is 0 Å². The van der Waals surface area contributed by atoms with Gasteiger partial charge in [0, 0.05) is 11.2 Å². The fourth-order valence-corrected chi connectivity index (χ4v) is 4.35. The van der Waals surface area contributed by atoms with Crippen LogP contribution in [0.1, 0.15) is 24.0 Å². The molecule has 124 valence electrons. The molecule has 1 aromatic heterocycles. The number of fused-ring (bicyclic) bond motifs is 1. The van der Waals surface area contributed by atoms with Gasteiger partial charge in [-0.05, 0) is 72.4 Å². The number of hydrogen-bond donors (Lipinski definition) is 0. The molecule has 2 heterocycles. The Hall–Kier alpha value is -1.84. The van der Waals surface area contributed by atoms with E-state index in [0.29, 0.717) is 0 Å². The summed E-state index contributed by atoms with van der Waals surface area (Å²) in [6.07, 6.45) is 3.66. The van der Waals surface area contributed by atoms with E-state index < -0.39 is 0 Å². The zero-order chi connectivity index (χ0) is 16.2. The molecule has 0 spiro atoms. The predicted octanol–water partition coefficient (Wildman–Crippen LogP) is 4.97. The van der Waals surface area contributed by atoms with Gasteiger partial charge in [0.2, 0.25) is 0 Å². The van der Waals surface area contributed by atoms with Gasteiger partial charge in [0.25, 0.3) is 0 Å². The number of likely N-dealkylation sites (tertiary alicyclic amines) is 1. The van der Waals surface area contributed by atoms with E-state index in [0.717, 1.165) is 25.3 Å². The maximum absolute atomic E-state index is 5.89. The second-order valence-electron chi connectivity index (χ2n) is 6.48. The topological polar surface area (TPSA) is 12.5 Å². The van der Waals surface area contributed by atoms with E-state index in [4.69, 9.17) is 4.74 Å². The van der Waals surface area contributed by atoms with Gasteiger partial charge in [-0.15, -0.1) is 11.3 Å². The van der Waals surface area contributed by atoms with E-state index in [2.05, 4.69) is 58.8 Å². The van der Waals surface area contributed by atoms with Crippen LogP contribution in [0.25, 0.3) is 10.1 Å². The van der Waals surface area contributed by atoms with Gasteiger partial charge in [0.15, 0.2) is 0 Å². The molecule has 4 rings (SSSR count). The Labute approximate surface area is 147 Å². The van der Waals surface area contributed by atoms with Gasteiger partial charge < -0.3 is 4.74 Å². The van der Waals surface area contributed by atoms with E-state index >= 15 is 0 Å². The van der Waals surface area contributed by atoms with Crippen LogP contribution in [0.2, 0.25) is 0 Å². The smallest absolute Gasteiger partial charge is 0.119 e. The first-order chi connectivity index (χ1) is 11.9. The van der Waals surface area contributed by atoms with E-state index in [-0.39, 0.29) is 0 Å². The molecule has 2 aromatic carbocycles. The van der Waals surface area contributed by atoms with Gasteiger partial charge in [-0.3, -0.25) is 4.90 Å². The largest absolute Gasteiger partial charge is 0.492 e. The van der Waals surface area contributed by atoms with Crippen molar-refractivity contribution in [2.75, 3.05) is 26.2 Å². The maximum Gasteiger partial charge on any atom is 0.119 e. The zero-order valence-corrected chi connectivity index (χ0v) is 14.7. The Bertz CT molecular complexity index is 787. The molecule has 3 heteroatoms. The Morgan fingerprint density at radius 2 is 1.75 bits per heavy atom. The van der Waals surface area contributed by atoms with Crippen molar-refractivity contribution in [3.63, 3.8) is 0 Å². The van der Waals surface area contributed by atoms with Crippen molar-refractivity contribution < 1.29 is 4.74 Å². The molecular formula is C21H23NOS.